The first-order valence-electron chi connectivity index (χ1n) is 9.09. The lowest BCUT2D eigenvalue weighted by Crippen LogP contribution is -2.31. The Morgan fingerprint density at radius 2 is 1.48 bits per heavy atom. The highest BCUT2D eigenvalue weighted by molar-refractivity contribution is 7.92. The molecule has 0 aromatic rings. The van der Waals surface area contributed by atoms with E-state index in [1.165, 1.54) is 64.2 Å². The maximum atomic E-state index is 11.7. The Morgan fingerprint density at radius 3 is 2.00 bits per heavy atom. The molecule has 1 heterocycles. The number of nitrogens with one attached hydrogen (secondary N) is 1. The van der Waals surface area contributed by atoms with Gasteiger partial charge in [0, 0.05) is 6.54 Å². The first-order valence-corrected chi connectivity index (χ1v) is 10.8. The molecule has 1 saturated heterocycles. The molecule has 0 spiro atoms. The number of hydrogen-bond acceptors (Lipinski definition) is 3. The molecule has 1 fully saturated rings. The van der Waals surface area contributed by atoms with Crippen LogP contribution in [0.4, 0.5) is 0 Å². The van der Waals surface area contributed by atoms with Gasteiger partial charge in [0.05, 0.1) is 11.0 Å². The van der Waals surface area contributed by atoms with E-state index in [0.717, 1.165) is 19.4 Å². The van der Waals surface area contributed by atoms with Crippen molar-refractivity contribution in [3.63, 3.8) is 0 Å². The normalized spacial score (nSPS) is 20.9. The summed E-state index contributed by atoms with van der Waals surface area (Å²) < 4.78 is 23.3. The lowest BCUT2D eigenvalue weighted by Gasteiger charge is -2.10. The number of sulfone groups is 1. The molecular formula is C17H35NO2S. The third kappa shape index (κ3) is 8.82. The van der Waals surface area contributed by atoms with Gasteiger partial charge in [-0.1, -0.05) is 64.7 Å². The Balaban J connectivity index is 1.81. The van der Waals surface area contributed by atoms with Gasteiger partial charge in [0.1, 0.15) is 0 Å². The molecule has 4 heteroatoms. The molecule has 1 rings (SSSR count). The molecule has 0 saturated carbocycles. The maximum Gasteiger partial charge on any atom is 0.154 e. The molecule has 0 aromatic heterocycles. The van der Waals surface area contributed by atoms with Gasteiger partial charge in [0.15, 0.2) is 9.84 Å². The van der Waals surface area contributed by atoms with Gasteiger partial charge in [0.25, 0.3) is 0 Å². The van der Waals surface area contributed by atoms with Gasteiger partial charge in [-0.05, 0) is 25.8 Å². The van der Waals surface area contributed by atoms with Crippen molar-refractivity contribution in [3.8, 4) is 0 Å². The minimum atomic E-state index is -2.76. The smallest absolute Gasteiger partial charge is 0.154 e. The van der Waals surface area contributed by atoms with E-state index in [4.69, 9.17) is 0 Å². The Morgan fingerprint density at radius 1 is 0.905 bits per heavy atom. The fourth-order valence-electron chi connectivity index (χ4n) is 3.09. The number of rotatable bonds is 13. The van der Waals surface area contributed by atoms with Crippen molar-refractivity contribution in [1.82, 2.24) is 5.32 Å². The summed E-state index contributed by atoms with van der Waals surface area (Å²) in [7, 11) is -2.76. The predicted molar refractivity (Wildman–Crippen MR) is 91.5 cm³/mol. The molecule has 3 nitrogen and oxygen atoms in total. The molecule has 1 aliphatic rings. The first-order chi connectivity index (χ1) is 10.2. The molecule has 0 aromatic carbocycles. The Hall–Kier alpha value is -0.0900. The third-order valence-electron chi connectivity index (χ3n) is 4.54. The van der Waals surface area contributed by atoms with Crippen LogP contribution in [0.2, 0.25) is 0 Å². The van der Waals surface area contributed by atoms with Gasteiger partial charge in [-0.25, -0.2) is 8.42 Å². The van der Waals surface area contributed by atoms with E-state index in [1.54, 1.807) is 0 Å². The van der Waals surface area contributed by atoms with Gasteiger partial charge < -0.3 is 5.32 Å². The Bertz CT molecular complexity index is 341. The summed E-state index contributed by atoms with van der Waals surface area (Å²) in [6, 6.07) is 0. The third-order valence-corrected chi connectivity index (χ3v) is 6.82. The van der Waals surface area contributed by atoms with Crippen LogP contribution < -0.4 is 5.32 Å². The van der Waals surface area contributed by atoms with Crippen molar-refractivity contribution in [3.05, 3.63) is 0 Å². The zero-order chi connectivity index (χ0) is 15.4. The van der Waals surface area contributed by atoms with Gasteiger partial charge >= 0.3 is 0 Å². The van der Waals surface area contributed by atoms with Crippen molar-refractivity contribution >= 4 is 9.84 Å². The molecular weight excluding hydrogens is 282 g/mol. The van der Waals surface area contributed by atoms with Crippen LogP contribution in [-0.2, 0) is 9.84 Å². The highest BCUT2D eigenvalue weighted by Gasteiger charge is 2.30. The van der Waals surface area contributed by atoms with E-state index in [-0.39, 0.29) is 5.25 Å². The van der Waals surface area contributed by atoms with Gasteiger partial charge in [-0.15, -0.1) is 0 Å². The van der Waals surface area contributed by atoms with Crippen LogP contribution in [0.3, 0.4) is 0 Å². The molecule has 0 amide bonds. The fraction of sp³-hybridized carbons (Fsp3) is 1.00. The molecule has 0 aliphatic carbocycles. The van der Waals surface area contributed by atoms with Crippen LogP contribution in [0.5, 0.6) is 0 Å². The van der Waals surface area contributed by atoms with Crippen LogP contribution >= 0.6 is 0 Å². The lowest BCUT2D eigenvalue weighted by atomic mass is 10.1. The number of hydrogen-bond donors (Lipinski definition) is 1. The van der Waals surface area contributed by atoms with E-state index in [1.807, 2.05) is 0 Å². The van der Waals surface area contributed by atoms with Crippen molar-refractivity contribution < 1.29 is 8.42 Å². The molecule has 1 atom stereocenters. The fourth-order valence-corrected chi connectivity index (χ4v) is 4.89. The lowest BCUT2D eigenvalue weighted by molar-refractivity contribution is 0.536. The molecule has 0 radical (unpaired) electrons. The second-order valence-corrected chi connectivity index (χ2v) is 8.92. The van der Waals surface area contributed by atoms with Crippen LogP contribution in [0, 0.1) is 0 Å². The van der Waals surface area contributed by atoms with E-state index in [9.17, 15) is 8.42 Å². The largest absolute Gasteiger partial charge is 0.315 e. The summed E-state index contributed by atoms with van der Waals surface area (Å²) in [5.41, 5.74) is 0. The molecule has 0 bridgehead atoms. The van der Waals surface area contributed by atoms with Crippen LogP contribution in [0.25, 0.3) is 0 Å². The maximum absolute atomic E-state index is 11.7. The molecule has 1 N–H and O–H groups in total. The summed E-state index contributed by atoms with van der Waals surface area (Å²) in [5, 5.41) is 3.22. The highest BCUT2D eigenvalue weighted by atomic mass is 32.2. The van der Waals surface area contributed by atoms with Gasteiger partial charge in [0.2, 0.25) is 0 Å². The average Bonchev–Trinajstić information content (AvgIpc) is 2.79. The SMILES string of the molecule is CCCCCCCCCCCCNCC1CCCS1(=O)=O. The summed E-state index contributed by atoms with van der Waals surface area (Å²) in [6.07, 6.45) is 15.2. The van der Waals surface area contributed by atoms with Crippen LogP contribution in [0.15, 0.2) is 0 Å². The summed E-state index contributed by atoms with van der Waals surface area (Å²) in [6.45, 7) is 3.90. The Kier molecular flexibility index (Phi) is 10.4. The zero-order valence-electron chi connectivity index (χ0n) is 13.9. The zero-order valence-corrected chi connectivity index (χ0v) is 14.7. The minimum Gasteiger partial charge on any atom is -0.315 e. The summed E-state index contributed by atoms with van der Waals surface area (Å²) in [5.74, 6) is 0.400. The van der Waals surface area contributed by atoms with Gasteiger partial charge in [-0.2, -0.15) is 0 Å². The molecule has 126 valence electrons. The van der Waals surface area contributed by atoms with E-state index in [2.05, 4.69) is 12.2 Å². The number of unbranched alkanes of at least 4 members (excludes halogenated alkanes) is 9. The standard InChI is InChI=1S/C17H35NO2S/c1-2-3-4-5-6-7-8-9-10-11-14-18-16-17-13-12-15-21(17,19)20/h17-18H,2-16H2,1H3. The molecule has 21 heavy (non-hydrogen) atoms. The van der Waals surface area contributed by atoms with E-state index < -0.39 is 9.84 Å². The van der Waals surface area contributed by atoms with E-state index in [0.29, 0.717) is 12.3 Å². The summed E-state index contributed by atoms with van der Waals surface area (Å²) in [4.78, 5) is 0. The topological polar surface area (TPSA) is 46.2 Å². The highest BCUT2D eigenvalue weighted by Crippen LogP contribution is 2.19. The van der Waals surface area contributed by atoms with Gasteiger partial charge in [-0.3, -0.25) is 0 Å². The minimum absolute atomic E-state index is 0.111. The predicted octanol–water partition coefficient (Wildman–Crippen LogP) is 4.07. The monoisotopic (exact) mass is 317 g/mol. The second kappa shape index (κ2) is 11.5. The quantitative estimate of drug-likeness (QED) is 0.521. The molecule has 1 aliphatic heterocycles. The Labute approximate surface area is 132 Å². The second-order valence-electron chi connectivity index (χ2n) is 6.52. The van der Waals surface area contributed by atoms with Crippen LogP contribution in [-0.4, -0.2) is 32.5 Å². The summed E-state index contributed by atoms with van der Waals surface area (Å²) >= 11 is 0. The van der Waals surface area contributed by atoms with Crippen molar-refractivity contribution in [2.45, 2.75) is 89.2 Å². The molecule has 1 unspecified atom stereocenters. The van der Waals surface area contributed by atoms with Crippen molar-refractivity contribution in [2.75, 3.05) is 18.8 Å². The van der Waals surface area contributed by atoms with Crippen molar-refractivity contribution in [2.24, 2.45) is 0 Å². The average molecular weight is 318 g/mol. The van der Waals surface area contributed by atoms with E-state index >= 15 is 0 Å². The first kappa shape index (κ1) is 19.0. The van der Waals surface area contributed by atoms with Crippen LogP contribution in [0.1, 0.15) is 84.0 Å². The van der Waals surface area contributed by atoms with Crippen molar-refractivity contribution in [1.29, 1.82) is 0 Å².